The summed E-state index contributed by atoms with van der Waals surface area (Å²) >= 11 is 1.65. The van der Waals surface area contributed by atoms with Crippen molar-refractivity contribution >= 4 is 27.5 Å². The number of nitrogens with zero attached hydrogens (tertiary/aromatic N) is 2. The van der Waals surface area contributed by atoms with Crippen LogP contribution in [0, 0.1) is 0 Å². The minimum Gasteiger partial charge on any atom is -0.350 e. The fourth-order valence-corrected chi connectivity index (χ4v) is 4.92. The molecule has 0 aliphatic heterocycles. The molecule has 0 saturated heterocycles. The van der Waals surface area contributed by atoms with Gasteiger partial charge in [0.1, 0.15) is 4.83 Å². The Hall–Kier alpha value is -2.47. The SMILES string of the molecule is C[C@H](NC(=O)CCn1cnc2sc3c(c2c1=O)CCCC3)c1ccccc1. The number of carbonyl (C=O) groups is 1. The summed E-state index contributed by atoms with van der Waals surface area (Å²) in [6.45, 7) is 2.31. The Morgan fingerprint density at radius 1 is 1.26 bits per heavy atom. The van der Waals surface area contributed by atoms with Crippen molar-refractivity contribution in [2.75, 3.05) is 0 Å². The molecule has 1 aliphatic carbocycles. The molecule has 1 amide bonds. The predicted molar refractivity (Wildman–Crippen MR) is 108 cm³/mol. The van der Waals surface area contributed by atoms with Crippen LogP contribution in [-0.4, -0.2) is 15.5 Å². The van der Waals surface area contributed by atoms with Gasteiger partial charge in [0.15, 0.2) is 0 Å². The maximum atomic E-state index is 12.9. The summed E-state index contributed by atoms with van der Waals surface area (Å²) in [6, 6.07) is 9.80. The summed E-state index contributed by atoms with van der Waals surface area (Å²) in [4.78, 5) is 31.9. The van der Waals surface area contributed by atoms with Crippen LogP contribution in [0.2, 0.25) is 0 Å². The molecule has 1 aromatic carbocycles. The number of fused-ring (bicyclic) bond motifs is 3. The molecule has 27 heavy (non-hydrogen) atoms. The smallest absolute Gasteiger partial charge is 0.262 e. The zero-order valence-electron chi connectivity index (χ0n) is 15.4. The van der Waals surface area contributed by atoms with Gasteiger partial charge in [-0.2, -0.15) is 0 Å². The summed E-state index contributed by atoms with van der Waals surface area (Å²) < 4.78 is 1.58. The van der Waals surface area contributed by atoms with Gasteiger partial charge >= 0.3 is 0 Å². The van der Waals surface area contributed by atoms with Crippen molar-refractivity contribution in [2.45, 2.75) is 51.6 Å². The number of benzene rings is 1. The van der Waals surface area contributed by atoms with Gasteiger partial charge in [-0.1, -0.05) is 30.3 Å². The van der Waals surface area contributed by atoms with E-state index in [-0.39, 0.29) is 23.9 Å². The Bertz CT molecular complexity index is 1020. The number of hydrogen-bond acceptors (Lipinski definition) is 4. The molecule has 6 heteroatoms. The number of thiophene rings is 1. The van der Waals surface area contributed by atoms with Gasteiger partial charge in [-0.25, -0.2) is 4.98 Å². The Morgan fingerprint density at radius 2 is 2.04 bits per heavy atom. The van der Waals surface area contributed by atoms with Crippen LogP contribution in [0.15, 0.2) is 41.5 Å². The number of aromatic nitrogens is 2. The van der Waals surface area contributed by atoms with Gasteiger partial charge in [-0.15, -0.1) is 11.3 Å². The minimum atomic E-state index is -0.0642. The van der Waals surface area contributed by atoms with Crippen LogP contribution < -0.4 is 10.9 Å². The minimum absolute atomic E-state index is 0.0108. The summed E-state index contributed by atoms with van der Waals surface area (Å²) in [6.07, 6.45) is 6.18. The lowest BCUT2D eigenvalue weighted by Crippen LogP contribution is -2.29. The fraction of sp³-hybridized carbons (Fsp3) is 0.381. The first-order valence-corrected chi connectivity index (χ1v) is 10.3. The van der Waals surface area contributed by atoms with E-state index in [9.17, 15) is 9.59 Å². The molecular weight excluding hydrogens is 358 g/mol. The van der Waals surface area contributed by atoms with Crippen LogP contribution in [0.25, 0.3) is 10.2 Å². The van der Waals surface area contributed by atoms with Crippen molar-refractivity contribution in [1.82, 2.24) is 14.9 Å². The number of carbonyl (C=O) groups excluding carboxylic acids is 1. The summed E-state index contributed by atoms with van der Waals surface area (Å²) in [5, 5.41) is 3.77. The average Bonchev–Trinajstić information content (AvgIpc) is 3.07. The molecule has 2 heterocycles. The standard InChI is InChI=1S/C21H23N3O2S/c1-14(15-7-3-2-4-8-15)23-18(25)11-12-24-13-22-20-19(21(24)26)16-9-5-6-10-17(16)27-20/h2-4,7-8,13-14H,5-6,9-12H2,1H3,(H,23,25)/t14-/m0/s1. The zero-order valence-corrected chi connectivity index (χ0v) is 16.2. The lowest BCUT2D eigenvalue weighted by atomic mass is 9.97. The highest BCUT2D eigenvalue weighted by Crippen LogP contribution is 2.33. The molecule has 5 nitrogen and oxygen atoms in total. The topological polar surface area (TPSA) is 64.0 Å². The maximum absolute atomic E-state index is 12.9. The van der Waals surface area contributed by atoms with E-state index in [1.165, 1.54) is 16.9 Å². The number of amides is 1. The van der Waals surface area contributed by atoms with Gasteiger partial charge in [-0.05, 0) is 43.7 Å². The number of hydrogen-bond donors (Lipinski definition) is 1. The maximum Gasteiger partial charge on any atom is 0.262 e. The van der Waals surface area contributed by atoms with Crippen molar-refractivity contribution in [1.29, 1.82) is 0 Å². The molecule has 0 fully saturated rings. The van der Waals surface area contributed by atoms with E-state index in [2.05, 4.69) is 10.3 Å². The van der Waals surface area contributed by atoms with Crippen molar-refractivity contribution in [3.63, 3.8) is 0 Å². The normalized spacial score (nSPS) is 14.7. The Kier molecular flexibility index (Phi) is 5.07. The van der Waals surface area contributed by atoms with Crippen molar-refractivity contribution in [3.05, 3.63) is 63.0 Å². The molecule has 0 bridgehead atoms. The van der Waals surface area contributed by atoms with E-state index in [1.807, 2.05) is 37.3 Å². The molecule has 1 aliphatic rings. The van der Waals surface area contributed by atoms with Gasteiger partial charge in [0, 0.05) is 17.8 Å². The molecule has 0 saturated carbocycles. The molecule has 4 rings (SSSR count). The second-order valence-electron chi connectivity index (χ2n) is 7.08. The van der Waals surface area contributed by atoms with Gasteiger partial charge in [-0.3, -0.25) is 14.2 Å². The van der Waals surface area contributed by atoms with Crippen molar-refractivity contribution < 1.29 is 4.79 Å². The van der Waals surface area contributed by atoms with Gasteiger partial charge in [0.05, 0.1) is 17.8 Å². The van der Waals surface area contributed by atoms with Gasteiger partial charge in [0.25, 0.3) is 5.56 Å². The number of nitrogens with one attached hydrogen (secondary N) is 1. The van der Waals surface area contributed by atoms with E-state index in [4.69, 9.17) is 0 Å². The van der Waals surface area contributed by atoms with E-state index >= 15 is 0 Å². The first-order valence-electron chi connectivity index (χ1n) is 9.47. The first kappa shape index (κ1) is 17.9. The Labute approximate surface area is 162 Å². The summed E-state index contributed by atoms with van der Waals surface area (Å²) in [5.74, 6) is -0.0642. The summed E-state index contributed by atoms with van der Waals surface area (Å²) in [5.41, 5.74) is 2.24. The number of rotatable bonds is 5. The quantitative estimate of drug-likeness (QED) is 0.734. The number of aryl methyl sites for hydroxylation is 3. The zero-order chi connectivity index (χ0) is 18.8. The van der Waals surface area contributed by atoms with Gasteiger partial charge < -0.3 is 5.32 Å². The fourth-order valence-electron chi connectivity index (χ4n) is 3.70. The monoisotopic (exact) mass is 381 g/mol. The highest BCUT2D eigenvalue weighted by molar-refractivity contribution is 7.18. The second-order valence-corrected chi connectivity index (χ2v) is 8.17. The van der Waals surface area contributed by atoms with E-state index in [0.29, 0.717) is 6.54 Å². The molecule has 3 aromatic rings. The van der Waals surface area contributed by atoms with Crippen LogP contribution in [0.1, 0.15) is 48.2 Å². The molecule has 140 valence electrons. The Balaban J connectivity index is 1.47. The Morgan fingerprint density at radius 3 is 2.85 bits per heavy atom. The summed E-state index contributed by atoms with van der Waals surface area (Å²) in [7, 11) is 0. The molecular formula is C21H23N3O2S. The average molecular weight is 382 g/mol. The van der Waals surface area contributed by atoms with E-state index in [1.54, 1.807) is 22.2 Å². The second kappa shape index (κ2) is 7.64. The van der Waals surface area contributed by atoms with Crippen LogP contribution in [0.5, 0.6) is 0 Å². The molecule has 0 unspecified atom stereocenters. The lowest BCUT2D eigenvalue weighted by Gasteiger charge is -2.14. The molecule has 1 atom stereocenters. The molecule has 0 spiro atoms. The van der Waals surface area contributed by atoms with Gasteiger partial charge in [0.2, 0.25) is 5.91 Å². The van der Waals surface area contributed by atoms with Crippen LogP contribution in [0.4, 0.5) is 0 Å². The van der Waals surface area contributed by atoms with Crippen molar-refractivity contribution in [2.24, 2.45) is 0 Å². The van der Waals surface area contributed by atoms with Crippen LogP contribution in [0.3, 0.4) is 0 Å². The van der Waals surface area contributed by atoms with E-state index in [0.717, 1.165) is 35.0 Å². The largest absolute Gasteiger partial charge is 0.350 e. The van der Waals surface area contributed by atoms with Crippen molar-refractivity contribution in [3.8, 4) is 0 Å². The van der Waals surface area contributed by atoms with Crippen LogP contribution >= 0.6 is 11.3 Å². The van der Waals surface area contributed by atoms with E-state index < -0.39 is 0 Å². The molecule has 0 radical (unpaired) electrons. The highest BCUT2D eigenvalue weighted by Gasteiger charge is 2.20. The third-order valence-electron chi connectivity index (χ3n) is 5.20. The van der Waals surface area contributed by atoms with Crippen LogP contribution in [-0.2, 0) is 24.2 Å². The predicted octanol–water partition coefficient (Wildman–Crippen LogP) is 3.60. The third kappa shape index (κ3) is 3.67. The lowest BCUT2D eigenvalue weighted by molar-refractivity contribution is -0.121. The highest BCUT2D eigenvalue weighted by atomic mass is 32.1. The molecule has 2 aromatic heterocycles. The first-order chi connectivity index (χ1) is 13.1. The third-order valence-corrected chi connectivity index (χ3v) is 6.40. The molecule has 1 N–H and O–H groups in total.